The zero-order valence-corrected chi connectivity index (χ0v) is 6.94. The van der Waals surface area contributed by atoms with Crippen LogP contribution in [0.25, 0.3) is 11.1 Å². The molecule has 0 atom stereocenters. The summed E-state index contributed by atoms with van der Waals surface area (Å²) in [5.74, 6) is 0.0563. The molecule has 0 radical (unpaired) electrons. The predicted octanol–water partition coefficient (Wildman–Crippen LogP) is 1.18. The maximum Gasteiger partial charge on any atom is 0.232 e. The Labute approximate surface area is 73.8 Å². The Bertz CT molecular complexity index is 449. The molecule has 0 aliphatic rings. The van der Waals surface area contributed by atoms with Crippen molar-refractivity contribution >= 4 is 23.0 Å². The molecule has 5 heteroatoms. The van der Waals surface area contributed by atoms with Crippen molar-refractivity contribution in [3.63, 3.8) is 0 Å². The summed E-state index contributed by atoms with van der Waals surface area (Å²) >= 11 is 0. The van der Waals surface area contributed by atoms with Crippen LogP contribution in [0.4, 0.5) is 5.95 Å². The molecule has 2 aromatic rings. The van der Waals surface area contributed by atoms with Crippen LogP contribution >= 0.6 is 0 Å². The van der Waals surface area contributed by atoms with Crippen molar-refractivity contribution in [3.05, 3.63) is 18.5 Å². The van der Waals surface area contributed by atoms with Gasteiger partial charge in [0.1, 0.15) is 0 Å². The highest BCUT2D eigenvalue weighted by Gasteiger charge is 2.02. The first-order valence-corrected chi connectivity index (χ1v) is 3.73. The molecule has 0 unspecified atom stereocenters. The van der Waals surface area contributed by atoms with Crippen LogP contribution < -0.4 is 5.32 Å². The lowest BCUT2D eigenvalue weighted by Crippen LogP contribution is -2.08. The number of fused-ring (bicyclic) bond motifs is 1. The molecule has 0 spiro atoms. The van der Waals surface area contributed by atoms with Crippen molar-refractivity contribution < 1.29 is 9.21 Å². The van der Waals surface area contributed by atoms with E-state index in [0.717, 1.165) is 5.39 Å². The highest BCUT2D eigenvalue weighted by Crippen LogP contribution is 2.12. The Morgan fingerprint density at radius 1 is 1.62 bits per heavy atom. The largest absolute Gasteiger partial charge is 0.446 e. The van der Waals surface area contributed by atoms with Gasteiger partial charge in [-0.1, -0.05) is 0 Å². The monoisotopic (exact) mass is 177 g/mol. The first-order valence-electron chi connectivity index (χ1n) is 3.73. The van der Waals surface area contributed by atoms with Crippen molar-refractivity contribution in [2.24, 2.45) is 0 Å². The van der Waals surface area contributed by atoms with Gasteiger partial charge in [-0.25, -0.2) is 4.98 Å². The zero-order valence-electron chi connectivity index (χ0n) is 6.94. The van der Waals surface area contributed by atoms with Gasteiger partial charge in [0.25, 0.3) is 0 Å². The summed E-state index contributed by atoms with van der Waals surface area (Å²) in [6.07, 6.45) is 3.12. The molecule has 13 heavy (non-hydrogen) atoms. The number of nitrogens with zero attached hydrogens (tertiary/aromatic N) is 2. The van der Waals surface area contributed by atoms with Crippen molar-refractivity contribution in [2.45, 2.75) is 6.92 Å². The summed E-state index contributed by atoms with van der Waals surface area (Å²) < 4.78 is 5.04. The lowest BCUT2D eigenvalue weighted by atomic mass is 10.4. The van der Waals surface area contributed by atoms with Gasteiger partial charge in [-0.15, -0.1) is 0 Å². The Morgan fingerprint density at radius 3 is 3.23 bits per heavy atom. The van der Waals surface area contributed by atoms with Gasteiger partial charge in [0, 0.05) is 13.1 Å². The molecule has 2 aromatic heterocycles. The molecule has 0 aromatic carbocycles. The highest BCUT2D eigenvalue weighted by molar-refractivity contribution is 5.87. The van der Waals surface area contributed by atoms with E-state index in [9.17, 15) is 4.79 Å². The zero-order chi connectivity index (χ0) is 9.26. The van der Waals surface area contributed by atoms with Gasteiger partial charge in [0.15, 0.2) is 0 Å². The second kappa shape index (κ2) is 2.85. The number of amides is 1. The Hall–Kier alpha value is -1.91. The molecule has 1 N–H and O–H groups in total. The van der Waals surface area contributed by atoms with E-state index in [1.165, 1.54) is 13.2 Å². The summed E-state index contributed by atoms with van der Waals surface area (Å²) in [6.45, 7) is 1.40. The average molecular weight is 177 g/mol. The molecule has 0 aliphatic heterocycles. The quantitative estimate of drug-likeness (QED) is 0.710. The third kappa shape index (κ3) is 1.48. The Kier molecular flexibility index (Phi) is 1.70. The number of carbonyl (C=O) groups excluding carboxylic acids is 1. The molecule has 2 heterocycles. The van der Waals surface area contributed by atoms with Crippen LogP contribution in [0.1, 0.15) is 6.92 Å². The molecule has 2 rings (SSSR count). The number of furan rings is 1. The third-order valence-electron chi connectivity index (χ3n) is 1.50. The van der Waals surface area contributed by atoms with Gasteiger partial charge in [-0.2, -0.15) is 4.98 Å². The first-order chi connectivity index (χ1) is 6.25. The molecular weight excluding hydrogens is 170 g/mol. The summed E-state index contributed by atoms with van der Waals surface area (Å²) in [6, 6.07) is 1.76. The Balaban J connectivity index is 2.42. The number of anilines is 1. The fourth-order valence-corrected chi connectivity index (χ4v) is 0.974. The second-order valence-electron chi connectivity index (χ2n) is 2.56. The molecule has 1 amide bonds. The van der Waals surface area contributed by atoms with Gasteiger partial charge in [0.2, 0.25) is 17.6 Å². The lowest BCUT2D eigenvalue weighted by Gasteiger charge is -1.97. The molecule has 0 saturated heterocycles. The topological polar surface area (TPSA) is 68.0 Å². The summed E-state index contributed by atoms with van der Waals surface area (Å²) in [7, 11) is 0. The van der Waals surface area contributed by atoms with Crippen molar-refractivity contribution in [3.8, 4) is 0 Å². The number of aromatic nitrogens is 2. The summed E-state index contributed by atoms with van der Waals surface area (Å²) in [4.78, 5) is 18.5. The van der Waals surface area contributed by atoms with Crippen LogP contribution in [0.2, 0.25) is 0 Å². The molecule has 0 saturated carbocycles. The number of hydrogen-bond acceptors (Lipinski definition) is 4. The van der Waals surface area contributed by atoms with E-state index in [2.05, 4.69) is 15.3 Å². The van der Waals surface area contributed by atoms with E-state index in [1.54, 1.807) is 12.3 Å². The van der Waals surface area contributed by atoms with Gasteiger partial charge in [-0.3, -0.25) is 10.1 Å². The van der Waals surface area contributed by atoms with E-state index in [-0.39, 0.29) is 11.9 Å². The van der Waals surface area contributed by atoms with E-state index >= 15 is 0 Å². The SMILES string of the molecule is CC(=O)Nc1ncc2ccoc2n1. The fraction of sp³-hybridized carbons (Fsp3) is 0.125. The van der Waals surface area contributed by atoms with Gasteiger partial charge >= 0.3 is 0 Å². The standard InChI is InChI=1S/C8H7N3O2/c1-5(12)10-8-9-4-6-2-3-13-7(6)11-8/h2-4H,1H3,(H,9,10,11,12). The van der Waals surface area contributed by atoms with Crippen LogP contribution in [-0.4, -0.2) is 15.9 Å². The molecule has 0 bridgehead atoms. The second-order valence-corrected chi connectivity index (χ2v) is 2.56. The number of nitrogens with one attached hydrogen (secondary N) is 1. The third-order valence-corrected chi connectivity index (χ3v) is 1.50. The minimum Gasteiger partial charge on any atom is -0.446 e. The van der Waals surface area contributed by atoms with Crippen molar-refractivity contribution in [1.82, 2.24) is 9.97 Å². The van der Waals surface area contributed by atoms with E-state index < -0.39 is 0 Å². The number of rotatable bonds is 1. The average Bonchev–Trinajstić information content (AvgIpc) is 2.49. The molecular formula is C8H7N3O2. The van der Waals surface area contributed by atoms with E-state index in [1.807, 2.05) is 0 Å². The van der Waals surface area contributed by atoms with Crippen LogP contribution in [0.5, 0.6) is 0 Å². The van der Waals surface area contributed by atoms with Gasteiger partial charge in [0.05, 0.1) is 11.6 Å². The smallest absolute Gasteiger partial charge is 0.232 e. The number of carbonyl (C=O) groups is 1. The Morgan fingerprint density at radius 2 is 2.46 bits per heavy atom. The maximum absolute atomic E-state index is 10.7. The molecule has 5 nitrogen and oxygen atoms in total. The minimum atomic E-state index is -0.203. The first kappa shape index (κ1) is 7.72. The minimum absolute atomic E-state index is 0.203. The van der Waals surface area contributed by atoms with E-state index in [4.69, 9.17) is 4.42 Å². The fourth-order valence-electron chi connectivity index (χ4n) is 0.974. The van der Waals surface area contributed by atoms with E-state index in [0.29, 0.717) is 5.71 Å². The van der Waals surface area contributed by atoms with Gasteiger partial charge in [-0.05, 0) is 6.07 Å². The highest BCUT2D eigenvalue weighted by atomic mass is 16.3. The van der Waals surface area contributed by atoms with Crippen LogP contribution in [0.3, 0.4) is 0 Å². The van der Waals surface area contributed by atoms with Crippen LogP contribution in [0, 0.1) is 0 Å². The molecule has 0 aliphatic carbocycles. The van der Waals surface area contributed by atoms with Crippen LogP contribution in [-0.2, 0) is 4.79 Å². The number of hydrogen-bond donors (Lipinski definition) is 1. The van der Waals surface area contributed by atoms with Crippen molar-refractivity contribution in [1.29, 1.82) is 0 Å². The summed E-state index contributed by atoms with van der Waals surface area (Å²) in [5, 5.41) is 3.28. The molecule has 0 fully saturated rings. The lowest BCUT2D eigenvalue weighted by molar-refractivity contribution is -0.114. The molecule has 66 valence electrons. The van der Waals surface area contributed by atoms with Gasteiger partial charge < -0.3 is 4.42 Å². The normalized spacial score (nSPS) is 10.2. The van der Waals surface area contributed by atoms with Crippen molar-refractivity contribution in [2.75, 3.05) is 5.32 Å². The van der Waals surface area contributed by atoms with Crippen LogP contribution in [0.15, 0.2) is 22.9 Å². The summed E-state index contributed by atoms with van der Waals surface area (Å²) in [5.41, 5.74) is 0.471. The maximum atomic E-state index is 10.7. The predicted molar refractivity (Wildman–Crippen MR) is 46.1 cm³/mol.